The number of methoxy groups -OCH3 is 3. The van der Waals surface area contributed by atoms with Gasteiger partial charge in [-0.3, -0.25) is 9.79 Å². The van der Waals surface area contributed by atoms with Gasteiger partial charge in [-0.1, -0.05) is 0 Å². The van der Waals surface area contributed by atoms with Crippen LogP contribution in [0.1, 0.15) is 42.5 Å². The second-order valence-corrected chi connectivity index (χ2v) is 10.1. The normalized spacial score (nSPS) is 15.5. The van der Waals surface area contributed by atoms with Crippen molar-refractivity contribution in [1.29, 1.82) is 0 Å². The van der Waals surface area contributed by atoms with Gasteiger partial charge in [-0.25, -0.2) is 0 Å². The number of carbonyl (C=O) groups is 1. The molecule has 10 heteroatoms. The van der Waals surface area contributed by atoms with Crippen molar-refractivity contribution < 1.29 is 33.2 Å². The van der Waals surface area contributed by atoms with Crippen molar-refractivity contribution in [2.24, 2.45) is 4.99 Å². The standard InChI is InChI=1S/C32H37N3O7/c1-37-28-12-10-23(17-29(28)38-2)42-27-11-9-22(16-25(27)33)40-14-5-4-6-15-41-31-19-26-24(18-30(31)39-3)32(36)35-13-7-8-21(35)20-34-26/h9-12,16-21H,4-8,13-15,33H2,1-3H3/t21-/m0/s1. The molecule has 1 amide bonds. The van der Waals surface area contributed by atoms with Crippen LogP contribution >= 0.6 is 0 Å². The van der Waals surface area contributed by atoms with Crippen molar-refractivity contribution in [2.45, 2.75) is 38.1 Å². The summed E-state index contributed by atoms with van der Waals surface area (Å²) in [7, 11) is 4.74. The second-order valence-electron chi connectivity index (χ2n) is 10.1. The Morgan fingerprint density at radius 3 is 2.29 bits per heavy atom. The minimum absolute atomic E-state index is 0.00308. The highest BCUT2D eigenvalue weighted by Gasteiger charge is 2.32. The molecule has 3 aromatic rings. The predicted molar refractivity (Wildman–Crippen MR) is 161 cm³/mol. The number of aliphatic imine (C=N–C) groups is 1. The fourth-order valence-electron chi connectivity index (χ4n) is 5.09. The van der Waals surface area contributed by atoms with Crippen LogP contribution in [-0.4, -0.2) is 64.2 Å². The molecule has 3 aromatic carbocycles. The van der Waals surface area contributed by atoms with Gasteiger partial charge >= 0.3 is 0 Å². The molecule has 2 N–H and O–H groups in total. The Balaban J connectivity index is 1.07. The summed E-state index contributed by atoms with van der Waals surface area (Å²) in [5, 5.41) is 0. The van der Waals surface area contributed by atoms with Crippen LogP contribution in [0.4, 0.5) is 11.4 Å². The lowest BCUT2D eigenvalue weighted by atomic mass is 10.1. The first kappa shape index (κ1) is 28.9. The molecular formula is C32H37N3O7. The second kappa shape index (κ2) is 13.4. The number of fused-ring (bicyclic) bond motifs is 2. The number of amides is 1. The first-order chi connectivity index (χ1) is 20.5. The van der Waals surface area contributed by atoms with Crippen LogP contribution in [0, 0.1) is 0 Å². The zero-order chi connectivity index (χ0) is 29.5. The Kier molecular flexibility index (Phi) is 9.21. The topological polar surface area (TPSA) is 114 Å². The molecule has 0 spiro atoms. The Bertz CT molecular complexity index is 1440. The van der Waals surface area contributed by atoms with E-state index in [1.807, 2.05) is 17.2 Å². The van der Waals surface area contributed by atoms with E-state index in [1.165, 1.54) is 0 Å². The molecule has 0 bridgehead atoms. The van der Waals surface area contributed by atoms with Gasteiger partial charge in [0.05, 0.1) is 57.5 Å². The molecule has 0 unspecified atom stereocenters. The first-order valence-electron chi connectivity index (χ1n) is 14.1. The third kappa shape index (κ3) is 6.48. The van der Waals surface area contributed by atoms with Crippen LogP contribution in [0.25, 0.3) is 0 Å². The Labute approximate surface area is 245 Å². The monoisotopic (exact) mass is 575 g/mol. The fourth-order valence-corrected chi connectivity index (χ4v) is 5.09. The highest BCUT2D eigenvalue weighted by atomic mass is 16.5. The van der Waals surface area contributed by atoms with Gasteiger partial charge in [-0.15, -0.1) is 0 Å². The van der Waals surface area contributed by atoms with E-state index in [-0.39, 0.29) is 11.9 Å². The summed E-state index contributed by atoms with van der Waals surface area (Å²) < 4.78 is 34.0. The van der Waals surface area contributed by atoms with Gasteiger partial charge in [0.1, 0.15) is 11.5 Å². The van der Waals surface area contributed by atoms with Crippen LogP contribution < -0.4 is 34.2 Å². The van der Waals surface area contributed by atoms with Gasteiger partial charge < -0.3 is 39.1 Å². The zero-order valence-electron chi connectivity index (χ0n) is 24.3. The Hall–Kier alpha value is -4.60. The lowest BCUT2D eigenvalue weighted by Crippen LogP contribution is -2.35. The average molecular weight is 576 g/mol. The minimum atomic E-state index is -0.00308. The number of nitrogen functional groups attached to an aromatic ring is 1. The average Bonchev–Trinajstić information content (AvgIpc) is 3.44. The maximum Gasteiger partial charge on any atom is 0.256 e. The van der Waals surface area contributed by atoms with Gasteiger partial charge in [0, 0.05) is 31.0 Å². The summed E-state index contributed by atoms with van der Waals surface area (Å²) in [5.74, 6) is 4.09. The lowest BCUT2D eigenvalue weighted by Gasteiger charge is -2.20. The number of nitrogens with two attached hydrogens (primary N) is 1. The molecule has 42 heavy (non-hydrogen) atoms. The number of rotatable bonds is 13. The van der Waals surface area contributed by atoms with E-state index in [4.69, 9.17) is 34.2 Å². The van der Waals surface area contributed by atoms with E-state index < -0.39 is 0 Å². The SMILES string of the molecule is COc1ccc(Oc2ccc(OCCCCCOc3cc4c(cc3OC)C(=O)N3CCC[C@H]3C=N4)cc2N)cc1OC. The molecule has 2 aliphatic heterocycles. The first-order valence-corrected chi connectivity index (χ1v) is 14.1. The summed E-state index contributed by atoms with van der Waals surface area (Å²) in [6.45, 7) is 1.82. The Morgan fingerprint density at radius 2 is 1.52 bits per heavy atom. The molecule has 2 aliphatic rings. The van der Waals surface area contributed by atoms with Gasteiger partial charge in [0.15, 0.2) is 28.7 Å². The third-order valence-corrected chi connectivity index (χ3v) is 7.34. The molecule has 0 saturated carbocycles. The summed E-state index contributed by atoms with van der Waals surface area (Å²) >= 11 is 0. The van der Waals surface area contributed by atoms with E-state index in [0.717, 1.165) is 38.6 Å². The zero-order valence-corrected chi connectivity index (χ0v) is 24.3. The number of hydrogen-bond donors (Lipinski definition) is 1. The molecule has 0 radical (unpaired) electrons. The smallest absolute Gasteiger partial charge is 0.256 e. The summed E-state index contributed by atoms with van der Waals surface area (Å²) in [5.41, 5.74) is 7.86. The number of unbranched alkanes of at least 4 members (excludes halogenated alkanes) is 2. The van der Waals surface area contributed by atoms with Crippen molar-refractivity contribution in [3.8, 4) is 40.2 Å². The molecule has 0 aromatic heterocycles. The van der Waals surface area contributed by atoms with Gasteiger partial charge in [0.25, 0.3) is 5.91 Å². The quantitative estimate of drug-likeness (QED) is 0.194. The van der Waals surface area contributed by atoms with Crippen molar-refractivity contribution in [2.75, 3.05) is 46.8 Å². The van der Waals surface area contributed by atoms with E-state index in [9.17, 15) is 4.79 Å². The number of nitrogens with zero attached hydrogens (tertiary/aromatic N) is 2. The molecule has 1 saturated heterocycles. The highest BCUT2D eigenvalue weighted by Crippen LogP contribution is 2.38. The number of hydrogen-bond acceptors (Lipinski definition) is 9. The number of carbonyl (C=O) groups excluding carboxylic acids is 1. The molecule has 5 rings (SSSR count). The van der Waals surface area contributed by atoms with Gasteiger partial charge in [-0.2, -0.15) is 0 Å². The molecule has 222 valence electrons. The summed E-state index contributed by atoms with van der Waals surface area (Å²) in [6, 6.07) is 14.3. The van der Waals surface area contributed by atoms with Crippen LogP contribution in [0.3, 0.4) is 0 Å². The summed E-state index contributed by atoms with van der Waals surface area (Å²) in [6.07, 6.45) is 6.42. The number of anilines is 1. The van der Waals surface area contributed by atoms with Crippen molar-refractivity contribution in [3.05, 3.63) is 54.1 Å². The van der Waals surface area contributed by atoms with E-state index >= 15 is 0 Å². The van der Waals surface area contributed by atoms with Crippen molar-refractivity contribution in [1.82, 2.24) is 4.90 Å². The molecule has 1 atom stereocenters. The van der Waals surface area contributed by atoms with Crippen molar-refractivity contribution >= 4 is 23.5 Å². The van der Waals surface area contributed by atoms with Crippen LogP contribution in [0.15, 0.2) is 53.5 Å². The molecule has 0 aliphatic carbocycles. The Morgan fingerprint density at radius 1 is 0.810 bits per heavy atom. The molecule has 1 fully saturated rings. The maximum absolute atomic E-state index is 13.0. The fraction of sp³-hybridized carbons (Fsp3) is 0.375. The number of benzene rings is 3. The van der Waals surface area contributed by atoms with Gasteiger partial charge in [-0.05, 0) is 62.4 Å². The highest BCUT2D eigenvalue weighted by molar-refractivity contribution is 6.03. The largest absolute Gasteiger partial charge is 0.494 e. The molecule has 10 nitrogen and oxygen atoms in total. The summed E-state index contributed by atoms with van der Waals surface area (Å²) in [4.78, 5) is 19.5. The van der Waals surface area contributed by atoms with Crippen LogP contribution in [-0.2, 0) is 0 Å². The van der Waals surface area contributed by atoms with E-state index in [2.05, 4.69) is 4.99 Å². The number of ether oxygens (including phenoxy) is 6. The lowest BCUT2D eigenvalue weighted by molar-refractivity contribution is 0.0774. The molecule has 2 heterocycles. The van der Waals surface area contributed by atoms with Crippen LogP contribution in [0.5, 0.6) is 40.2 Å². The maximum atomic E-state index is 13.0. The molecular weight excluding hydrogens is 538 g/mol. The van der Waals surface area contributed by atoms with Gasteiger partial charge in [0.2, 0.25) is 0 Å². The van der Waals surface area contributed by atoms with Crippen molar-refractivity contribution in [3.63, 3.8) is 0 Å². The minimum Gasteiger partial charge on any atom is -0.494 e. The predicted octanol–water partition coefficient (Wildman–Crippen LogP) is 6.04. The van der Waals surface area contributed by atoms with E-state index in [1.54, 1.807) is 63.8 Å². The van der Waals surface area contributed by atoms with E-state index in [0.29, 0.717) is 70.4 Å². The third-order valence-electron chi connectivity index (χ3n) is 7.34. The van der Waals surface area contributed by atoms with Crippen LogP contribution in [0.2, 0.25) is 0 Å².